The van der Waals surface area contributed by atoms with E-state index in [9.17, 15) is 9.18 Å². The molecule has 0 amide bonds. The lowest BCUT2D eigenvalue weighted by Gasteiger charge is -2.10. The SMILES string of the molecule is CONC(=COc1ccc(C=O)cc1F)c1ccccc1. The Balaban J connectivity index is 2.22. The lowest BCUT2D eigenvalue weighted by Crippen LogP contribution is -2.11. The summed E-state index contributed by atoms with van der Waals surface area (Å²) in [7, 11) is 1.47. The van der Waals surface area contributed by atoms with Crippen LogP contribution in [-0.2, 0) is 4.84 Å². The Morgan fingerprint density at radius 1 is 1.19 bits per heavy atom. The summed E-state index contributed by atoms with van der Waals surface area (Å²) in [5, 5.41) is 0. The number of rotatable bonds is 6. The number of hydroxylamine groups is 1. The fraction of sp³-hybridized carbons (Fsp3) is 0.0625. The molecule has 0 heterocycles. The van der Waals surface area contributed by atoms with Gasteiger partial charge in [0.25, 0.3) is 0 Å². The van der Waals surface area contributed by atoms with Gasteiger partial charge in [0.1, 0.15) is 18.2 Å². The van der Waals surface area contributed by atoms with Crippen molar-refractivity contribution < 1.29 is 18.8 Å². The predicted molar refractivity (Wildman–Crippen MR) is 77.0 cm³/mol. The summed E-state index contributed by atoms with van der Waals surface area (Å²) in [6, 6.07) is 13.3. The molecule has 21 heavy (non-hydrogen) atoms. The average molecular weight is 287 g/mol. The number of hydrogen-bond acceptors (Lipinski definition) is 4. The molecular weight excluding hydrogens is 273 g/mol. The Labute approximate surface area is 121 Å². The van der Waals surface area contributed by atoms with Gasteiger partial charge in [-0.2, -0.15) is 0 Å². The molecule has 108 valence electrons. The van der Waals surface area contributed by atoms with E-state index in [0.29, 0.717) is 12.0 Å². The van der Waals surface area contributed by atoms with Crippen LogP contribution in [0, 0.1) is 5.82 Å². The summed E-state index contributed by atoms with van der Waals surface area (Å²) in [6.07, 6.45) is 1.92. The molecule has 2 rings (SSSR count). The first-order valence-electron chi connectivity index (χ1n) is 6.20. The van der Waals surface area contributed by atoms with Gasteiger partial charge in [-0.15, -0.1) is 0 Å². The van der Waals surface area contributed by atoms with Gasteiger partial charge in [0, 0.05) is 11.1 Å². The van der Waals surface area contributed by atoms with Crippen molar-refractivity contribution in [3.63, 3.8) is 0 Å². The van der Waals surface area contributed by atoms with Gasteiger partial charge < -0.3 is 4.74 Å². The molecule has 2 aromatic rings. The van der Waals surface area contributed by atoms with Crippen molar-refractivity contribution in [2.24, 2.45) is 0 Å². The van der Waals surface area contributed by atoms with E-state index >= 15 is 0 Å². The molecule has 0 bridgehead atoms. The van der Waals surface area contributed by atoms with Crippen molar-refractivity contribution >= 4 is 12.0 Å². The molecule has 0 saturated carbocycles. The Bertz CT molecular complexity index is 641. The van der Waals surface area contributed by atoms with Gasteiger partial charge in [0.15, 0.2) is 11.6 Å². The topological polar surface area (TPSA) is 47.6 Å². The van der Waals surface area contributed by atoms with Crippen molar-refractivity contribution in [3.8, 4) is 5.75 Å². The Morgan fingerprint density at radius 2 is 1.95 bits per heavy atom. The van der Waals surface area contributed by atoms with Crippen molar-refractivity contribution in [1.29, 1.82) is 0 Å². The maximum atomic E-state index is 13.7. The zero-order valence-electron chi connectivity index (χ0n) is 11.4. The lowest BCUT2D eigenvalue weighted by molar-refractivity contribution is 0.112. The molecule has 0 unspecified atom stereocenters. The molecule has 0 spiro atoms. The van der Waals surface area contributed by atoms with Crippen molar-refractivity contribution in [2.75, 3.05) is 7.11 Å². The number of halogens is 1. The third-order valence-electron chi connectivity index (χ3n) is 2.69. The number of hydrogen-bond donors (Lipinski definition) is 1. The zero-order chi connectivity index (χ0) is 15.1. The van der Waals surface area contributed by atoms with E-state index in [1.807, 2.05) is 30.3 Å². The molecule has 2 aromatic carbocycles. The van der Waals surface area contributed by atoms with Gasteiger partial charge >= 0.3 is 0 Å². The molecule has 0 aromatic heterocycles. The van der Waals surface area contributed by atoms with Crippen molar-refractivity contribution in [2.45, 2.75) is 0 Å². The van der Waals surface area contributed by atoms with Crippen LogP contribution in [0.15, 0.2) is 54.8 Å². The summed E-state index contributed by atoms with van der Waals surface area (Å²) >= 11 is 0. The highest BCUT2D eigenvalue weighted by Gasteiger charge is 2.06. The summed E-state index contributed by atoms with van der Waals surface area (Å²) < 4.78 is 19.0. The maximum Gasteiger partial charge on any atom is 0.166 e. The summed E-state index contributed by atoms with van der Waals surface area (Å²) in [5.41, 5.74) is 4.28. The number of carbonyl (C=O) groups is 1. The molecule has 1 N–H and O–H groups in total. The minimum Gasteiger partial charge on any atom is -0.460 e. The second kappa shape index (κ2) is 7.21. The second-order valence-corrected chi connectivity index (χ2v) is 4.13. The Morgan fingerprint density at radius 3 is 2.57 bits per heavy atom. The van der Waals surface area contributed by atoms with Crippen molar-refractivity contribution in [3.05, 3.63) is 71.7 Å². The number of benzene rings is 2. The predicted octanol–water partition coefficient (Wildman–Crippen LogP) is 3.17. The fourth-order valence-electron chi connectivity index (χ4n) is 1.69. The van der Waals surface area contributed by atoms with Crippen LogP contribution in [0.25, 0.3) is 5.70 Å². The van der Waals surface area contributed by atoms with E-state index < -0.39 is 5.82 Å². The summed E-state index contributed by atoms with van der Waals surface area (Å²) in [6.45, 7) is 0. The van der Waals surface area contributed by atoms with Gasteiger partial charge in [-0.1, -0.05) is 30.3 Å². The standard InChI is InChI=1S/C16H14FNO3/c1-20-18-15(13-5-3-2-4-6-13)11-21-16-8-7-12(10-19)9-14(16)17/h2-11,18H,1H3. The first-order valence-corrected chi connectivity index (χ1v) is 6.20. The van der Waals surface area contributed by atoms with Crippen LogP contribution in [0.2, 0.25) is 0 Å². The van der Waals surface area contributed by atoms with E-state index in [-0.39, 0.29) is 11.3 Å². The molecule has 0 saturated heterocycles. The highest BCUT2D eigenvalue weighted by molar-refractivity contribution is 5.75. The van der Waals surface area contributed by atoms with E-state index in [4.69, 9.17) is 9.57 Å². The Kier molecular flexibility index (Phi) is 5.06. The fourth-order valence-corrected chi connectivity index (χ4v) is 1.69. The molecule has 0 aliphatic carbocycles. The van der Waals surface area contributed by atoms with Crippen LogP contribution >= 0.6 is 0 Å². The van der Waals surface area contributed by atoms with Gasteiger partial charge in [0.2, 0.25) is 0 Å². The van der Waals surface area contributed by atoms with Gasteiger partial charge in [-0.3, -0.25) is 15.1 Å². The molecule has 5 heteroatoms. The normalized spacial score (nSPS) is 11.0. The lowest BCUT2D eigenvalue weighted by atomic mass is 10.2. The van der Waals surface area contributed by atoms with E-state index in [0.717, 1.165) is 11.6 Å². The van der Waals surface area contributed by atoms with Crippen LogP contribution in [0.1, 0.15) is 15.9 Å². The monoisotopic (exact) mass is 287 g/mol. The van der Waals surface area contributed by atoms with Crippen LogP contribution in [0.4, 0.5) is 4.39 Å². The van der Waals surface area contributed by atoms with Gasteiger partial charge in [0.05, 0.1) is 7.11 Å². The molecule has 0 radical (unpaired) electrons. The third kappa shape index (κ3) is 3.90. The van der Waals surface area contributed by atoms with Gasteiger partial charge in [-0.25, -0.2) is 4.39 Å². The summed E-state index contributed by atoms with van der Waals surface area (Å²) in [4.78, 5) is 15.4. The van der Waals surface area contributed by atoms with Crippen LogP contribution < -0.4 is 10.2 Å². The first-order chi connectivity index (χ1) is 10.2. The molecule has 0 aliphatic rings. The van der Waals surface area contributed by atoms with E-state index in [1.54, 1.807) is 0 Å². The molecule has 0 aliphatic heterocycles. The molecular formula is C16H14FNO3. The van der Waals surface area contributed by atoms with E-state index in [2.05, 4.69) is 5.48 Å². The van der Waals surface area contributed by atoms with Crippen LogP contribution in [-0.4, -0.2) is 13.4 Å². The number of carbonyl (C=O) groups excluding carboxylic acids is 1. The minimum absolute atomic E-state index is 0.0203. The Hall–Kier alpha value is -2.66. The quantitative estimate of drug-likeness (QED) is 0.503. The van der Waals surface area contributed by atoms with Crippen LogP contribution in [0.3, 0.4) is 0 Å². The van der Waals surface area contributed by atoms with Crippen molar-refractivity contribution in [1.82, 2.24) is 5.48 Å². The first kappa shape index (κ1) is 14.7. The number of aldehydes is 1. The molecule has 4 nitrogen and oxygen atoms in total. The minimum atomic E-state index is -0.610. The zero-order valence-corrected chi connectivity index (χ0v) is 11.4. The molecule has 0 fully saturated rings. The highest BCUT2D eigenvalue weighted by atomic mass is 19.1. The van der Waals surface area contributed by atoms with Gasteiger partial charge in [-0.05, 0) is 18.2 Å². The number of nitrogens with one attached hydrogen (secondary N) is 1. The average Bonchev–Trinajstić information content (AvgIpc) is 2.53. The molecule has 0 atom stereocenters. The largest absolute Gasteiger partial charge is 0.460 e. The highest BCUT2D eigenvalue weighted by Crippen LogP contribution is 2.19. The third-order valence-corrected chi connectivity index (χ3v) is 2.69. The van der Waals surface area contributed by atoms with E-state index in [1.165, 1.54) is 25.5 Å². The summed E-state index contributed by atoms with van der Waals surface area (Å²) in [5.74, 6) is -0.590. The number of ether oxygens (including phenoxy) is 1. The maximum absolute atomic E-state index is 13.7. The van der Waals surface area contributed by atoms with Crippen LogP contribution in [0.5, 0.6) is 5.75 Å². The smallest absolute Gasteiger partial charge is 0.166 e. The second-order valence-electron chi connectivity index (χ2n) is 4.13.